The van der Waals surface area contributed by atoms with Gasteiger partial charge in [-0.1, -0.05) is 0 Å². The third-order valence-corrected chi connectivity index (χ3v) is 3.00. The Bertz CT molecular complexity index is 518. The lowest BCUT2D eigenvalue weighted by molar-refractivity contribution is 0.0742. The number of hydrogen-bond donors (Lipinski definition) is 2. The number of morpholine rings is 1. The quantitative estimate of drug-likeness (QED) is 0.839. The third kappa shape index (κ3) is 2.27. The summed E-state index contributed by atoms with van der Waals surface area (Å²) in [6.45, 7) is 4.23. The molecule has 1 fully saturated rings. The Morgan fingerprint density at radius 3 is 3.06 bits per heavy atom. The number of nitrogens with one attached hydrogen (secondary N) is 2. The Hall–Kier alpha value is -1.72. The zero-order valence-corrected chi connectivity index (χ0v) is 10.3. The molecular weight excluding hydrogens is 228 g/mol. The summed E-state index contributed by atoms with van der Waals surface area (Å²) in [5, 5.41) is 3.38. The molecular formula is C13H16N4O. The Kier molecular flexibility index (Phi) is 3.08. The first-order chi connectivity index (χ1) is 8.83. The molecule has 0 amide bonds. The number of ether oxygens (including phenoxy) is 1. The van der Waals surface area contributed by atoms with Crippen LogP contribution >= 0.6 is 0 Å². The summed E-state index contributed by atoms with van der Waals surface area (Å²) < 4.78 is 5.46. The molecule has 2 aromatic rings. The molecule has 5 heteroatoms. The van der Waals surface area contributed by atoms with E-state index in [1.165, 1.54) is 0 Å². The summed E-state index contributed by atoms with van der Waals surface area (Å²) in [6.07, 6.45) is 3.84. The molecule has 0 spiro atoms. The van der Waals surface area contributed by atoms with E-state index < -0.39 is 0 Å². The highest BCUT2D eigenvalue weighted by atomic mass is 16.5. The third-order valence-electron chi connectivity index (χ3n) is 3.00. The second-order valence-electron chi connectivity index (χ2n) is 4.43. The molecule has 0 aliphatic carbocycles. The average Bonchev–Trinajstić information content (AvgIpc) is 2.93. The lowest BCUT2D eigenvalue weighted by Crippen LogP contribution is -2.35. The molecule has 0 saturated carbocycles. The molecule has 1 saturated heterocycles. The molecule has 2 N–H and O–H groups in total. The van der Waals surface area contributed by atoms with Gasteiger partial charge in [0.05, 0.1) is 24.9 Å². The summed E-state index contributed by atoms with van der Waals surface area (Å²) in [5.41, 5.74) is 3.01. The van der Waals surface area contributed by atoms with Crippen molar-refractivity contribution in [2.75, 3.05) is 19.8 Å². The number of aromatic amines is 1. The van der Waals surface area contributed by atoms with E-state index >= 15 is 0 Å². The highest BCUT2D eigenvalue weighted by Gasteiger charge is 2.19. The predicted molar refractivity (Wildman–Crippen MR) is 68.1 cm³/mol. The van der Waals surface area contributed by atoms with Gasteiger partial charge in [0.25, 0.3) is 0 Å². The molecule has 0 bridgehead atoms. The largest absolute Gasteiger partial charge is 0.378 e. The van der Waals surface area contributed by atoms with Crippen LogP contribution in [0.5, 0.6) is 0 Å². The van der Waals surface area contributed by atoms with Crippen molar-refractivity contribution >= 4 is 0 Å². The predicted octanol–water partition coefficient (Wildman–Crippen LogP) is 1.44. The van der Waals surface area contributed by atoms with Gasteiger partial charge >= 0.3 is 0 Å². The zero-order chi connectivity index (χ0) is 12.4. The first-order valence-electron chi connectivity index (χ1n) is 6.13. The SMILES string of the molecule is Cc1cc(-c2cc[nH]c2)nc(C2COCCN2)n1. The number of nitrogens with zero attached hydrogens (tertiary/aromatic N) is 2. The Labute approximate surface area is 106 Å². The van der Waals surface area contributed by atoms with Crippen LogP contribution in [-0.4, -0.2) is 34.7 Å². The molecule has 0 aromatic carbocycles. The van der Waals surface area contributed by atoms with E-state index in [-0.39, 0.29) is 6.04 Å². The molecule has 5 nitrogen and oxygen atoms in total. The van der Waals surface area contributed by atoms with Crippen molar-refractivity contribution < 1.29 is 4.74 Å². The van der Waals surface area contributed by atoms with Gasteiger partial charge in [0.2, 0.25) is 0 Å². The number of aromatic nitrogens is 3. The van der Waals surface area contributed by atoms with E-state index in [1.54, 1.807) is 0 Å². The molecule has 2 aromatic heterocycles. The monoisotopic (exact) mass is 244 g/mol. The van der Waals surface area contributed by atoms with Gasteiger partial charge in [0, 0.05) is 30.2 Å². The maximum absolute atomic E-state index is 5.46. The first kappa shape index (κ1) is 11.4. The summed E-state index contributed by atoms with van der Waals surface area (Å²) in [5.74, 6) is 0.811. The van der Waals surface area contributed by atoms with Crippen LogP contribution in [0.15, 0.2) is 24.5 Å². The molecule has 1 aliphatic heterocycles. The van der Waals surface area contributed by atoms with Crippen LogP contribution in [0.4, 0.5) is 0 Å². The minimum absolute atomic E-state index is 0.0938. The zero-order valence-electron chi connectivity index (χ0n) is 10.3. The molecule has 18 heavy (non-hydrogen) atoms. The van der Waals surface area contributed by atoms with E-state index in [0.717, 1.165) is 35.9 Å². The van der Waals surface area contributed by atoms with Gasteiger partial charge in [-0.3, -0.25) is 0 Å². The van der Waals surface area contributed by atoms with Crippen LogP contribution in [0.2, 0.25) is 0 Å². The first-order valence-corrected chi connectivity index (χ1v) is 6.13. The molecule has 94 valence electrons. The number of hydrogen-bond acceptors (Lipinski definition) is 4. The Balaban J connectivity index is 1.95. The summed E-state index contributed by atoms with van der Waals surface area (Å²) in [7, 11) is 0. The van der Waals surface area contributed by atoms with Gasteiger partial charge < -0.3 is 15.0 Å². The van der Waals surface area contributed by atoms with Gasteiger partial charge in [-0.05, 0) is 19.1 Å². The van der Waals surface area contributed by atoms with E-state index in [0.29, 0.717) is 6.61 Å². The summed E-state index contributed by atoms with van der Waals surface area (Å²) in [6, 6.07) is 4.10. The molecule has 1 aliphatic rings. The van der Waals surface area contributed by atoms with Crippen molar-refractivity contribution in [1.82, 2.24) is 20.3 Å². The molecule has 1 unspecified atom stereocenters. The maximum atomic E-state index is 5.46. The van der Waals surface area contributed by atoms with Crippen LogP contribution in [0.25, 0.3) is 11.3 Å². The van der Waals surface area contributed by atoms with E-state index in [4.69, 9.17) is 4.74 Å². The fourth-order valence-electron chi connectivity index (χ4n) is 2.11. The van der Waals surface area contributed by atoms with Crippen LogP contribution in [0, 0.1) is 6.92 Å². The maximum Gasteiger partial charge on any atom is 0.148 e. The highest BCUT2D eigenvalue weighted by Crippen LogP contribution is 2.20. The molecule has 3 heterocycles. The van der Waals surface area contributed by atoms with Crippen LogP contribution in [0.3, 0.4) is 0 Å². The smallest absolute Gasteiger partial charge is 0.148 e. The highest BCUT2D eigenvalue weighted by molar-refractivity contribution is 5.58. The van der Waals surface area contributed by atoms with Gasteiger partial charge in [-0.25, -0.2) is 9.97 Å². The normalized spacial score (nSPS) is 19.9. The fraction of sp³-hybridized carbons (Fsp3) is 0.385. The lowest BCUT2D eigenvalue weighted by atomic mass is 10.2. The van der Waals surface area contributed by atoms with Crippen molar-refractivity contribution in [2.24, 2.45) is 0 Å². The van der Waals surface area contributed by atoms with Gasteiger partial charge in [-0.15, -0.1) is 0 Å². The fourth-order valence-corrected chi connectivity index (χ4v) is 2.11. The van der Waals surface area contributed by atoms with Crippen LogP contribution < -0.4 is 5.32 Å². The standard InChI is InChI=1S/C13H16N4O/c1-9-6-11(10-2-3-14-7-10)17-13(16-9)12-8-18-5-4-15-12/h2-3,6-7,12,14-15H,4-5,8H2,1H3. The Morgan fingerprint density at radius 1 is 1.39 bits per heavy atom. The van der Waals surface area contributed by atoms with Crippen molar-refractivity contribution in [3.63, 3.8) is 0 Å². The van der Waals surface area contributed by atoms with Crippen molar-refractivity contribution in [2.45, 2.75) is 13.0 Å². The van der Waals surface area contributed by atoms with Gasteiger partial charge in [-0.2, -0.15) is 0 Å². The Morgan fingerprint density at radius 2 is 2.33 bits per heavy atom. The number of H-pyrrole nitrogens is 1. The second kappa shape index (κ2) is 4.88. The minimum atomic E-state index is 0.0938. The summed E-state index contributed by atoms with van der Waals surface area (Å²) >= 11 is 0. The topological polar surface area (TPSA) is 62.8 Å². The second-order valence-corrected chi connectivity index (χ2v) is 4.43. The van der Waals surface area contributed by atoms with E-state index in [9.17, 15) is 0 Å². The minimum Gasteiger partial charge on any atom is -0.378 e. The molecule has 3 rings (SSSR count). The van der Waals surface area contributed by atoms with E-state index in [2.05, 4.69) is 20.3 Å². The van der Waals surface area contributed by atoms with Crippen molar-refractivity contribution in [1.29, 1.82) is 0 Å². The van der Waals surface area contributed by atoms with Crippen molar-refractivity contribution in [3.8, 4) is 11.3 Å². The summed E-state index contributed by atoms with van der Waals surface area (Å²) in [4.78, 5) is 12.2. The van der Waals surface area contributed by atoms with Crippen LogP contribution in [0.1, 0.15) is 17.6 Å². The molecule has 1 atom stereocenters. The lowest BCUT2D eigenvalue weighted by Gasteiger charge is -2.23. The number of rotatable bonds is 2. The molecule has 0 radical (unpaired) electrons. The van der Waals surface area contributed by atoms with Gasteiger partial charge in [0.1, 0.15) is 5.82 Å². The number of aryl methyl sites for hydroxylation is 1. The van der Waals surface area contributed by atoms with E-state index in [1.807, 2.05) is 31.5 Å². The van der Waals surface area contributed by atoms with Gasteiger partial charge in [0.15, 0.2) is 0 Å². The average molecular weight is 244 g/mol. The van der Waals surface area contributed by atoms with Crippen molar-refractivity contribution in [3.05, 3.63) is 36.0 Å². The van der Waals surface area contributed by atoms with Crippen LogP contribution in [-0.2, 0) is 4.74 Å².